The lowest BCUT2D eigenvalue weighted by atomic mass is 9.99. The predicted molar refractivity (Wildman–Crippen MR) is 83.4 cm³/mol. The maximum absolute atomic E-state index is 11.9. The van der Waals surface area contributed by atoms with Crippen molar-refractivity contribution in [1.82, 2.24) is 24.8 Å². The van der Waals surface area contributed by atoms with Gasteiger partial charge in [0, 0.05) is 36.0 Å². The number of aromatic nitrogens is 4. The van der Waals surface area contributed by atoms with E-state index < -0.39 is 0 Å². The molecule has 0 spiro atoms. The van der Waals surface area contributed by atoms with E-state index in [4.69, 9.17) is 5.26 Å². The van der Waals surface area contributed by atoms with Crippen LogP contribution in [0.5, 0.6) is 0 Å². The topological polar surface area (TPSA) is 98.6 Å². The van der Waals surface area contributed by atoms with Crippen LogP contribution in [0.4, 0.5) is 0 Å². The number of amides is 1. The van der Waals surface area contributed by atoms with Crippen LogP contribution in [0.15, 0.2) is 24.8 Å². The maximum atomic E-state index is 11.9. The Balaban J connectivity index is 1.76. The first-order valence-corrected chi connectivity index (χ1v) is 7.49. The van der Waals surface area contributed by atoms with Gasteiger partial charge in [0.1, 0.15) is 18.4 Å². The molecule has 4 rings (SSSR count). The second kappa shape index (κ2) is 5.32. The molecule has 1 saturated heterocycles. The summed E-state index contributed by atoms with van der Waals surface area (Å²) in [6.45, 7) is 1.26. The van der Waals surface area contributed by atoms with Crippen LogP contribution in [0.25, 0.3) is 21.9 Å². The van der Waals surface area contributed by atoms with Crippen LogP contribution < -0.4 is 0 Å². The van der Waals surface area contributed by atoms with E-state index in [-0.39, 0.29) is 18.2 Å². The number of hydrogen-bond donors (Lipinski definition) is 1. The second-order valence-corrected chi connectivity index (χ2v) is 5.68. The monoisotopic (exact) mass is 306 g/mol. The first kappa shape index (κ1) is 13.6. The van der Waals surface area contributed by atoms with E-state index in [1.807, 2.05) is 18.3 Å². The molecule has 7 heteroatoms. The lowest BCUT2D eigenvalue weighted by Crippen LogP contribution is -2.27. The van der Waals surface area contributed by atoms with Crippen molar-refractivity contribution in [3.8, 4) is 6.07 Å². The van der Waals surface area contributed by atoms with Crippen LogP contribution in [-0.2, 0) is 4.79 Å². The summed E-state index contributed by atoms with van der Waals surface area (Å²) in [6, 6.07) is 3.90. The Labute approximate surface area is 132 Å². The third-order valence-corrected chi connectivity index (χ3v) is 4.37. The SMILES string of the molecule is N#CCC(=O)N1CCC(c2ncnc3cnc4[nH]ccc4c23)C1. The van der Waals surface area contributed by atoms with Crippen molar-refractivity contribution in [1.29, 1.82) is 5.26 Å². The van der Waals surface area contributed by atoms with Crippen LogP contribution in [0.3, 0.4) is 0 Å². The minimum Gasteiger partial charge on any atom is -0.346 e. The number of carbonyl (C=O) groups excluding carboxylic acids is 1. The molecule has 1 fully saturated rings. The van der Waals surface area contributed by atoms with Crippen molar-refractivity contribution >= 4 is 27.8 Å². The van der Waals surface area contributed by atoms with Crippen molar-refractivity contribution in [3.05, 3.63) is 30.5 Å². The third kappa shape index (κ3) is 2.19. The molecule has 3 aromatic heterocycles. The minimum absolute atomic E-state index is 0.0663. The van der Waals surface area contributed by atoms with Gasteiger partial charge in [-0.25, -0.2) is 15.0 Å². The van der Waals surface area contributed by atoms with Gasteiger partial charge in [-0.3, -0.25) is 4.79 Å². The Kier molecular flexibility index (Phi) is 3.15. The van der Waals surface area contributed by atoms with Gasteiger partial charge >= 0.3 is 0 Å². The molecule has 0 bridgehead atoms. The highest BCUT2D eigenvalue weighted by atomic mass is 16.2. The third-order valence-electron chi connectivity index (χ3n) is 4.37. The van der Waals surface area contributed by atoms with E-state index in [0.29, 0.717) is 13.1 Å². The molecule has 4 heterocycles. The molecule has 0 saturated carbocycles. The van der Waals surface area contributed by atoms with Gasteiger partial charge in [-0.05, 0) is 12.5 Å². The zero-order valence-corrected chi connectivity index (χ0v) is 12.4. The fraction of sp³-hybridized carbons (Fsp3) is 0.312. The zero-order valence-electron chi connectivity index (χ0n) is 12.4. The summed E-state index contributed by atoms with van der Waals surface area (Å²) >= 11 is 0. The van der Waals surface area contributed by atoms with Crippen LogP contribution in [0, 0.1) is 11.3 Å². The highest BCUT2D eigenvalue weighted by Gasteiger charge is 2.29. The van der Waals surface area contributed by atoms with Crippen LogP contribution in [0.2, 0.25) is 0 Å². The average molecular weight is 306 g/mol. The first-order valence-electron chi connectivity index (χ1n) is 7.49. The highest BCUT2D eigenvalue weighted by Crippen LogP contribution is 2.33. The number of carbonyl (C=O) groups is 1. The van der Waals surface area contributed by atoms with Crippen LogP contribution in [0.1, 0.15) is 24.5 Å². The standard InChI is InChI=1S/C16H14N6O/c17-4-1-13(23)22-6-3-10(8-22)15-14-11-2-5-18-16(11)19-7-12(14)20-9-21-15/h2,5,7,9-10H,1,3,6,8H2,(H,18,19). The summed E-state index contributed by atoms with van der Waals surface area (Å²) in [6.07, 6.45) is 5.93. The summed E-state index contributed by atoms with van der Waals surface area (Å²) in [5.41, 5.74) is 2.57. The Bertz CT molecular complexity index is 941. The number of H-pyrrole nitrogens is 1. The lowest BCUT2D eigenvalue weighted by Gasteiger charge is -2.15. The number of likely N-dealkylation sites (tertiary alicyclic amines) is 1. The number of fused-ring (bicyclic) bond motifs is 3. The average Bonchev–Trinajstić information content (AvgIpc) is 3.23. The molecule has 114 valence electrons. The van der Waals surface area contributed by atoms with Crippen molar-refractivity contribution in [3.63, 3.8) is 0 Å². The summed E-state index contributed by atoms with van der Waals surface area (Å²) in [5.74, 6) is 0.0467. The molecule has 0 aliphatic carbocycles. The molecule has 23 heavy (non-hydrogen) atoms. The maximum Gasteiger partial charge on any atom is 0.236 e. The molecule has 0 radical (unpaired) electrons. The van der Waals surface area contributed by atoms with Crippen molar-refractivity contribution in [2.75, 3.05) is 13.1 Å². The van der Waals surface area contributed by atoms with Gasteiger partial charge in [-0.15, -0.1) is 0 Å². The predicted octanol–water partition coefficient (Wildman–Crippen LogP) is 1.74. The molecule has 1 amide bonds. The molecule has 3 aromatic rings. The Morgan fingerprint density at radius 2 is 2.35 bits per heavy atom. The number of aromatic amines is 1. The van der Waals surface area contributed by atoms with E-state index in [9.17, 15) is 4.79 Å². The summed E-state index contributed by atoms with van der Waals surface area (Å²) in [7, 11) is 0. The lowest BCUT2D eigenvalue weighted by molar-refractivity contribution is -0.129. The summed E-state index contributed by atoms with van der Waals surface area (Å²) in [5, 5.41) is 10.7. The van der Waals surface area contributed by atoms with Gasteiger partial charge in [0.25, 0.3) is 0 Å². The largest absolute Gasteiger partial charge is 0.346 e. The van der Waals surface area contributed by atoms with E-state index in [2.05, 4.69) is 19.9 Å². The molecule has 1 atom stereocenters. The van der Waals surface area contributed by atoms with Gasteiger partial charge < -0.3 is 9.88 Å². The van der Waals surface area contributed by atoms with Crippen molar-refractivity contribution < 1.29 is 4.79 Å². The summed E-state index contributed by atoms with van der Waals surface area (Å²) < 4.78 is 0. The fourth-order valence-corrected chi connectivity index (χ4v) is 3.28. The molecule has 1 N–H and O–H groups in total. The smallest absolute Gasteiger partial charge is 0.236 e. The van der Waals surface area contributed by atoms with E-state index in [0.717, 1.165) is 34.1 Å². The minimum atomic E-state index is -0.109. The van der Waals surface area contributed by atoms with Crippen molar-refractivity contribution in [2.24, 2.45) is 0 Å². The molecule has 7 nitrogen and oxygen atoms in total. The highest BCUT2D eigenvalue weighted by molar-refractivity contribution is 6.04. The van der Waals surface area contributed by atoms with Gasteiger partial charge in [0.2, 0.25) is 5.91 Å². The van der Waals surface area contributed by atoms with Gasteiger partial charge in [-0.1, -0.05) is 0 Å². The van der Waals surface area contributed by atoms with Gasteiger partial charge in [0.15, 0.2) is 0 Å². The number of pyridine rings is 1. The van der Waals surface area contributed by atoms with Gasteiger partial charge in [-0.2, -0.15) is 5.26 Å². The van der Waals surface area contributed by atoms with Crippen LogP contribution in [-0.4, -0.2) is 43.8 Å². The number of hydrogen-bond acceptors (Lipinski definition) is 5. The molecular weight excluding hydrogens is 292 g/mol. The Morgan fingerprint density at radius 3 is 3.22 bits per heavy atom. The Hall–Kier alpha value is -3.01. The molecular formula is C16H14N6O. The quantitative estimate of drug-likeness (QED) is 0.777. The van der Waals surface area contributed by atoms with E-state index in [1.165, 1.54) is 0 Å². The molecule has 1 unspecified atom stereocenters. The normalized spacial score (nSPS) is 17.7. The number of rotatable bonds is 2. The second-order valence-electron chi connectivity index (χ2n) is 5.68. The summed E-state index contributed by atoms with van der Waals surface area (Å²) in [4.78, 5) is 29.9. The Morgan fingerprint density at radius 1 is 1.43 bits per heavy atom. The first-order chi connectivity index (χ1) is 11.3. The zero-order chi connectivity index (χ0) is 15.8. The van der Waals surface area contributed by atoms with Crippen LogP contribution >= 0.6 is 0 Å². The van der Waals surface area contributed by atoms with E-state index in [1.54, 1.807) is 17.4 Å². The molecule has 1 aliphatic rings. The fourth-order valence-electron chi connectivity index (χ4n) is 3.28. The van der Waals surface area contributed by atoms with Crippen molar-refractivity contribution in [2.45, 2.75) is 18.8 Å². The number of nitrogens with one attached hydrogen (secondary N) is 1. The van der Waals surface area contributed by atoms with E-state index >= 15 is 0 Å². The van der Waals surface area contributed by atoms with Gasteiger partial charge in [0.05, 0.1) is 23.5 Å². The molecule has 1 aliphatic heterocycles. The molecule has 0 aromatic carbocycles. The number of nitriles is 1. The number of nitrogens with zero attached hydrogens (tertiary/aromatic N) is 5.